The lowest BCUT2D eigenvalue weighted by Gasteiger charge is -2.41. The van der Waals surface area contributed by atoms with Gasteiger partial charge in [0.25, 0.3) is 0 Å². The number of aliphatic hydroxyl groups excluding tert-OH is 1. The molecule has 236 valence electrons. The topological polar surface area (TPSA) is 150 Å². The van der Waals surface area contributed by atoms with Crippen molar-refractivity contribution in [2.45, 2.75) is 50.7 Å². The van der Waals surface area contributed by atoms with Crippen LogP contribution in [-0.2, 0) is 32.2 Å². The van der Waals surface area contributed by atoms with E-state index in [-0.39, 0.29) is 44.4 Å². The Hall–Kier alpha value is -4.30. The molecular weight excluding hydrogens is 596 g/mol. The van der Waals surface area contributed by atoms with Crippen LogP contribution in [0.25, 0.3) is 5.69 Å². The number of hydrogen-bond acceptors (Lipinski definition) is 10. The van der Waals surface area contributed by atoms with E-state index in [4.69, 9.17) is 14.2 Å². The van der Waals surface area contributed by atoms with Gasteiger partial charge in [-0.1, -0.05) is 85.4 Å². The fraction of sp³-hybridized carbons (Fsp3) is 0.344. The van der Waals surface area contributed by atoms with E-state index in [1.54, 1.807) is 11.6 Å². The first-order valence-corrected chi connectivity index (χ1v) is 15.7. The summed E-state index contributed by atoms with van der Waals surface area (Å²) in [7, 11) is 0. The third-order valence-electron chi connectivity index (χ3n) is 7.35. The van der Waals surface area contributed by atoms with Crippen molar-refractivity contribution in [3.8, 4) is 5.69 Å². The molecule has 3 aromatic carbocycles. The molecule has 0 aliphatic carbocycles. The van der Waals surface area contributed by atoms with Crippen LogP contribution in [0.5, 0.6) is 0 Å². The molecule has 0 saturated carbocycles. The van der Waals surface area contributed by atoms with Gasteiger partial charge in [-0.05, 0) is 46.2 Å². The summed E-state index contributed by atoms with van der Waals surface area (Å²) in [5.74, 6) is 0.0850. The van der Waals surface area contributed by atoms with Gasteiger partial charge in [0.05, 0.1) is 31.1 Å². The quantitative estimate of drug-likeness (QED) is 0.154. The Morgan fingerprint density at radius 2 is 1.67 bits per heavy atom. The molecule has 1 aromatic heterocycles. The summed E-state index contributed by atoms with van der Waals surface area (Å²) in [6.07, 6.45) is -1.12. The van der Waals surface area contributed by atoms with Crippen LogP contribution in [0.1, 0.15) is 48.5 Å². The average molecular weight is 633 g/mol. The maximum Gasteiger partial charge on any atom is 0.325 e. The molecule has 0 spiro atoms. The Bertz CT molecular complexity index is 1540. The Labute approximate surface area is 265 Å². The van der Waals surface area contributed by atoms with Crippen molar-refractivity contribution in [3.63, 3.8) is 0 Å². The van der Waals surface area contributed by atoms with Gasteiger partial charge in [0, 0.05) is 23.8 Å². The molecule has 2 amide bonds. The highest BCUT2D eigenvalue weighted by atomic mass is 32.2. The molecular formula is C32H36N6O6S. The lowest BCUT2D eigenvalue weighted by Crippen LogP contribution is -2.39. The predicted molar refractivity (Wildman–Crippen MR) is 166 cm³/mol. The van der Waals surface area contributed by atoms with E-state index in [0.29, 0.717) is 10.9 Å². The molecule has 4 atom stereocenters. The molecule has 1 saturated heterocycles. The number of tetrazole rings is 1. The van der Waals surface area contributed by atoms with Gasteiger partial charge in [0.15, 0.2) is 6.29 Å². The number of benzene rings is 3. The van der Waals surface area contributed by atoms with Crippen LogP contribution in [0.15, 0.2) is 84.0 Å². The second-order valence-corrected chi connectivity index (χ2v) is 11.4. The van der Waals surface area contributed by atoms with Crippen molar-refractivity contribution in [1.82, 2.24) is 30.8 Å². The summed E-state index contributed by atoms with van der Waals surface area (Å²) >= 11 is 1.52. The second kappa shape index (κ2) is 15.6. The maximum atomic E-state index is 12.1. The number of esters is 1. The van der Waals surface area contributed by atoms with Crippen molar-refractivity contribution in [1.29, 1.82) is 0 Å². The predicted octanol–water partition coefficient (Wildman–Crippen LogP) is 4.10. The maximum absolute atomic E-state index is 12.1. The molecule has 1 aliphatic rings. The van der Waals surface area contributed by atoms with Crippen LogP contribution in [-0.4, -0.2) is 62.3 Å². The number of carbonyl (C=O) groups excluding carboxylic acids is 2. The van der Waals surface area contributed by atoms with Crippen molar-refractivity contribution in [2.24, 2.45) is 5.92 Å². The largest absolute Gasteiger partial charge is 0.465 e. The van der Waals surface area contributed by atoms with Gasteiger partial charge < -0.3 is 30.0 Å². The third kappa shape index (κ3) is 8.45. The summed E-state index contributed by atoms with van der Waals surface area (Å²) in [6.45, 7) is 4.11. The first kappa shape index (κ1) is 32.1. The molecule has 1 aliphatic heterocycles. The molecule has 13 heteroatoms. The minimum Gasteiger partial charge on any atom is -0.465 e. The smallest absolute Gasteiger partial charge is 0.325 e. The van der Waals surface area contributed by atoms with E-state index in [1.165, 1.54) is 11.8 Å². The van der Waals surface area contributed by atoms with E-state index in [9.17, 15) is 14.7 Å². The fourth-order valence-corrected chi connectivity index (χ4v) is 5.92. The minimum absolute atomic E-state index is 0.00799. The van der Waals surface area contributed by atoms with E-state index in [0.717, 1.165) is 27.9 Å². The fourth-order valence-electron chi connectivity index (χ4n) is 4.87. The number of nitrogens with zero attached hydrogens (tertiary/aromatic N) is 4. The van der Waals surface area contributed by atoms with Crippen LogP contribution in [0.2, 0.25) is 0 Å². The van der Waals surface area contributed by atoms with E-state index in [2.05, 4.69) is 33.1 Å². The first-order valence-electron chi connectivity index (χ1n) is 14.7. The molecule has 4 aromatic rings. The Morgan fingerprint density at radius 3 is 2.38 bits per heavy atom. The molecule has 3 N–H and O–H groups in total. The van der Waals surface area contributed by atoms with E-state index < -0.39 is 18.3 Å². The number of carbonyl (C=O) groups is 2. The van der Waals surface area contributed by atoms with Crippen molar-refractivity contribution in [3.05, 3.63) is 101 Å². The summed E-state index contributed by atoms with van der Waals surface area (Å²) in [4.78, 5) is 23.5. The monoisotopic (exact) mass is 632 g/mol. The van der Waals surface area contributed by atoms with E-state index >= 15 is 0 Å². The van der Waals surface area contributed by atoms with Crippen molar-refractivity contribution in [2.75, 3.05) is 18.9 Å². The van der Waals surface area contributed by atoms with Gasteiger partial charge in [0.1, 0.15) is 6.54 Å². The molecule has 0 unspecified atom stereocenters. The van der Waals surface area contributed by atoms with Gasteiger partial charge in [-0.15, -0.1) is 5.10 Å². The van der Waals surface area contributed by atoms with Gasteiger partial charge >= 0.3 is 12.0 Å². The molecule has 0 radical (unpaired) electrons. The zero-order chi connectivity index (χ0) is 31.6. The first-order chi connectivity index (χ1) is 21.9. The number of hydrogen-bond donors (Lipinski definition) is 3. The third-order valence-corrected chi connectivity index (χ3v) is 8.35. The minimum atomic E-state index is -0.644. The Morgan fingerprint density at radius 1 is 0.956 bits per heavy atom. The summed E-state index contributed by atoms with van der Waals surface area (Å²) in [6, 6.07) is 24.7. The average Bonchev–Trinajstić information content (AvgIpc) is 3.55. The lowest BCUT2D eigenvalue weighted by atomic mass is 9.91. The lowest BCUT2D eigenvalue weighted by molar-refractivity contribution is -0.268. The highest BCUT2D eigenvalue weighted by Gasteiger charge is 2.38. The van der Waals surface area contributed by atoms with Crippen LogP contribution in [0.4, 0.5) is 4.79 Å². The van der Waals surface area contributed by atoms with Gasteiger partial charge in [-0.3, -0.25) is 4.79 Å². The van der Waals surface area contributed by atoms with Crippen LogP contribution < -0.4 is 10.6 Å². The molecule has 12 nitrogen and oxygen atoms in total. The Balaban J connectivity index is 1.28. The number of para-hydroxylation sites is 1. The second-order valence-electron chi connectivity index (χ2n) is 10.4. The summed E-state index contributed by atoms with van der Waals surface area (Å²) in [5.41, 5.74) is 4.39. The number of aromatic nitrogens is 4. The normalized spacial score (nSPS) is 19.5. The van der Waals surface area contributed by atoms with Crippen LogP contribution in [0, 0.1) is 5.92 Å². The molecule has 45 heavy (non-hydrogen) atoms. The zero-order valence-corrected chi connectivity index (χ0v) is 25.9. The highest BCUT2D eigenvalue weighted by molar-refractivity contribution is 7.99. The standard InChI is InChI=1S/C32H36N6O6S/c1-3-42-28(40)18-34-31(41)33-17-22-9-15-25(16-10-22)30-43-27(21(2)29(44-30)24-13-11-23(19-39)12-14-24)20-45-32-35-36-37-38(32)26-7-5-4-6-8-26/h4-16,21,27,29-30,39H,3,17-20H2,1-2H3,(H2,33,34,41)/t21-,27+,29+,30+/m1/s1. The van der Waals surface area contributed by atoms with Crippen LogP contribution in [0.3, 0.4) is 0 Å². The number of nitrogens with one attached hydrogen (secondary N) is 2. The van der Waals surface area contributed by atoms with Crippen molar-refractivity contribution >= 4 is 23.8 Å². The Kier molecular flexibility index (Phi) is 11.1. The van der Waals surface area contributed by atoms with E-state index in [1.807, 2.05) is 78.9 Å². The van der Waals surface area contributed by atoms with Gasteiger partial charge in [-0.2, -0.15) is 4.68 Å². The highest BCUT2D eigenvalue weighted by Crippen LogP contribution is 2.43. The summed E-state index contributed by atoms with van der Waals surface area (Å²) < 4.78 is 19.6. The molecule has 1 fully saturated rings. The number of amides is 2. The molecule has 0 bridgehead atoms. The number of rotatable bonds is 12. The van der Waals surface area contributed by atoms with Crippen LogP contribution >= 0.6 is 11.8 Å². The van der Waals surface area contributed by atoms with Gasteiger partial charge in [-0.25, -0.2) is 4.79 Å². The van der Waals surface area contributed by atoms with Crippen molar-refractivity contribution < 1.29 is 28.9 Å². The van der Waals surface area contributed by atoms with Gasteiger partial charge in [0.2, 0.25) is 5.16 Å². The summed E-state index contributed by atoms with van der Waals surface area (Å²) in [5, 5.41) is 27.7. The number of ether oxygens (including phenoxy) is 3. The number of urea groups is 1. The molecule has 2 heterocycles. The number of aliphatic hydroxyl groups is 1. The molecule has 5 rings (SSSR count). The zero-order valence-electron chi connectivity index (χ0n) is 25.0. The SMILES string of the molecule is CCOC(=O)CNC(=O)NCc1ccc([C@H]2O[C@@H](CSc3nnnn3-c3ccccc3)[C@@H](C)[C@@H](c3ccc(CO)cc3)O2)cc1. The number of thioether (sulfide) groups is 1.